The van der Waals surface area contributed by atoms with Crippen LogP contribution in [0.1, 0.15) is 5.56 Å². The van der Waals surface area contributed by atoms with Gasteiger partial charge in [-0.2, -0.15) is 0 Å². The average molecular weight is 366 g/mol. The molecule has 0 heterocycles. The van der Waals surface area contributed by atoms with Gasteiger partial charge in [-0.25, -0.2) is 0 Å². The Labute approximate surface area is 150 Å². The lowest BCUT2D eigenvalue weighted by Crippen LogP contribution is -2.30. The van der Waals surface area contributed by atoms with Crippen LogP contribution in [0.5, 0.6) is 5.75 Å². The predicted octanol–water partition coefficient (Wildman–Crippen LogP) is 4.09. The fourth-order valence-electron chi connectivity index (χ4n) is 2.08. The molecular weight excluding hydrogens is 350 g/mol. The smallest absolute Gasteiger partial charge is 0.269 e. The maximum atomic E-state index is 10.7. The Hall–Kier alpha value is -2.38. The first-order valence-electron chi connectivity index (χ1n) is 6.99. The van der Waals surface area contributed by atoms with Crippen LogP contribution in [0.15, 0.2) is 42.5 Å². The van der Waals surface area contributed by atoms with Crippen LogP contribution >= 0.6 is 23.8 Å². The predicted molar refractivity (Wildman–Crippen MR) is 98.8 cm³/mol. The highest BCUT2D eigenvalue weighted by Gasteiger charge is 2.11. The molecule has 6 nitrogen and oxygen atoms in total. The first-order valence-corrected chi connectivity index (χ1v) is 7.78. The highest BCUT2D eigenvalue weighted by Crippen LogP contribution is 2.24. The quantitative estimate of drug-likeness (QED) is 0.489. The maximum absolute atomic E-state index is 10.7. The lowest BCUT2D eigenvalue weighted by atomic mass is 10.2. The van der Waals surface area contributed by atoms with Gasteiger partial charge in [0.15, 0.2) is 5.11 Å². The molecule has 0 aliphatic rings. The summed E-state index contributed by atoms with van der Waals surface area (Å²) in [6, 6.07) is 11.5. The van der Waals surface area contributed by atoms with Crippen LogP contribution in [0.25, 0.3) is 0 Å². The summed E-state index contributed by atoms with van der Waals surface area (Å²) in [6.07, 6.45) is 0. The third-order valence-corrected chi connectivity index (χ3v) is 3.97. The third-order valence-electron chi connectivity index (χ3n) is 3.33. The molecule has 126 valence electrons. The molecule has 0 unspecified atom stereocenters. The van der Waals surface area contributed by atoms with Crippen LogP contribution in [-0.4, -0.2) is 29.1 Å². The molecule has 0 aromatic heterocycles. The molecule has 2 aromatic carbocycles. The van der Waals surface area contributed by atoms with Crippen LogP contribution in [0.2, 0.25) is 5.02 Å². The Kier molecular flexibility index (Phi) is 5.94. The molecule has 2 rings (SSSR count). The van der Waals surface area contributed by atoms with Gasteiger partial charge in [-0.15, -0.1) is 0 Å². The van der Waals surface area contributed by atoms with Crippen LogP contribution in [0.4, 0.5) is 11.4 Å². The van der Waals surface area contributed by atoms with Gasteiger partial charge in [0.1, 0.15) is 5.75 Å². The molecule has 8 heteroatoms. The Morgan fingerprint density at radius 3 is 2.58 bits per heavy atom. The maximum Gasteiger partial charge on any atom is 0.269 e. The van der Waals surface area contributed by atoms with E-state index in [-0.39, 0.29) is 5.69 Å². The first kappa shape index (κ1) is 18.0. The van der Waals surface area contributed by atoms with E-state index < -0.39 is 4.92 Å². The molecule has 2 aromatic rings. The Morgan fingerprint density at radius 1 is 1.33 bits per heavy atom. The number of hydrogen-bond donors (Lipinski definition) is 1. The van der Waals surface area contributed by atoms with Crippen molar-refractivity contribution in [2.24, 2.45) is 0 Å². The Bertz CT molecular complexity index is 753. The summed E-state index contributed by atoms with van der Waals surface area (Å²) >= 11 is 11.4. The third kappa shape index (κ3) is 4.56. The molecule has 0 bridgehead atoms. The molecule has 0 atom stereocenters. The number of ether oxygens (including phenoxy) is 1. The van der Waals surface area contributed by atoms with Gasteiger partial charge in [-0.1, -0.05) is 11.6 Å². The SMILES string of the molecule is COc1ccc(Cl)cc1CN(C)C(=S)Nc1ccc([N+](=O)[O-])cc1. The van der Waals surface area contributed by atoms with Crippen molar-refractivity contribution in [1.82, 2.24) is 4.90 Å². The Morgan fingerprint density at radius 2 is 2.00 bits per heavy atom. The minimum absolute atomic E-state index is 0.0310. The molecule has 0 radical (unpaired) electrons. The highest BCUT2D eigenvalue weighted by atomic mass is 35.5. The second kappa shape index (κ2) is 7.94. The lowest BCUT2D eigenvalue weighted by molar-refractivity contribution is -0.384. The topological polar surface area (TPSA) is 67.6 Å². The monoisotopic (exact) mass is 365 g/mol. The van der Waals surface area contributed by atoms with Crippen LogP contribution in [-0.2, 0) is 6.54 Å². The molecule has 0 saturated heterocycles. The highest BCUT2D eigenvalue weighted by molar-refractivity contribution is 7.80. The van der Waals surface area contributed by atoms with E-state index >= 15 is 0 Å². The number of anilines is 1. The van der Waals surface area contributed by atoms with Gasteiger partial charge in [-0.05, 0) is 42.5 Å². The lowest BCUT2D eigenvalue weighted by Gasteiger charge is -2.22. The molecule has 0 aliphatic carbocycles. The van der Waals surface area contributed by atoms with Gasteiger partial charge in [0.05, 0.1) is 12.0 Å². The zero-order chi connectivity index (χ0) is 17.7. The number of thiocarbonyl (C=S) groups is 1. The van der Waals surface area contributed by atoms with Crippen molar-refractivity contribution in [3.63, 3.8) is 0 Å². The van der Waals surface area contributed by atoms with E-state index in [1.165, 1.54) is 12.1 Å². The first-order chi connectivity index (χ1) is 11.4. The van der Waals surface area contributed by atoms with Gasteiger partial charge in [0.25, 0.3) is 5.69 Å². The molecule has 0 fully saturated rings. The van der Waals surface area contributed by atoms with E-state index in [1.54, 1.807) is 31.4 Å². The summed E-state index contributed by atoms with van der Waals surface area (Å²) < 4.78 is 5.32. The normalized spacial score (nSPS) is 10.1. The van der Waals surface area contributed by atoms with Gasteiger partial charge < -0.3 is 15.0 Å². The molecule has 0 saturated carbocycles. The zero-order valence-corrected chi connectivity index (χ0v) is 14.7. The minimum atomic E-state index is -0.445. The van der Waals surface area contributed by atoms with E-state index in [9.17, 15) is 10.1 Å². The summed E-state index contributed by atoms with van der Waals surface area (Å²) in [5.74, 6) is 0.726. The average Bonchev–Trinajstić information content (AvgIpc) is 2.55. The summed E-state index contributed by atoms with van der Waals surface area (Å²) in [6.45, 7) is 0.503. The number of nitro groups is 1. The number of nitro benzene ring substituents is 1. The van der Waals surface area contributed by atoms with Gasteiger partial charge >= 0.3 is 0 Å². The largest absolute Gasteiger partial charge is 0.496 e. The molecule has 0 aliphatic heterocycles. The molecule has 24 heavy (non-hydrogen) atoms. The van der Waals surface area contributed by atoms with E-state index in [0.29, 0.717) is 22.4 Å². The fraction of sp³-hybridized carbons (Fsp3) is 0.188. The van der Waals surface area contributed by atoms with Crippen molar-refractivity contribution >= 4 is 40.3 Å². The summed E-state index contributed by atoms with van der Waals surface area (Å²) in [5.41, 5.74) is 1.61. The van der Waals surface area contributed by atoms with Crippen molar-refractivity contribution in [3.05, 3.63) is 63.2 Å². The second-order valence-corrected chi connectivity index (χ2v) is 5.87. The molecular formula is C16H16ClN3O3S. The summed E-state index contributed by atoms with van der Waals surface area (Å²) in [4.78, 5) is 12.0. The summed E-state index contributed by atoms with van der Waals surface area (Å²) in [5, 5.41) is 14.8. The molecule has 0 amide bonds. The van der Waals surface area contributed by atoms with Crippen LogP contribution in [0, 0.1) is 10.1 Å². The number of nitrogens with zero attached hydrogens (tertiary/aromatic N) is 2. The van der Waals surface area contributed by atoms with Gasteiger partial charge in [-0.3, -0.25) is 10.1 Å². The number of halogens is 1. The van der Waals surface area contributed by atoms with Crippen LogP contribution in [0.3, 0.4) is 0 Å². The van der Waals surface area contributed by atoms with E-state index in [2.05, 4.69) is 5.32 Å². The zero-order valence-electron chi connectivity index (χ0n) is 13.2. The minimum Gasteiger partial charge on any atom is -0.496 e. The fourth-order valence-corrected chi connectivity index (χ4v) is 2.46. The van der Waals surface area contributed by atoms with Gasteiger partial charge in [0, 0.05) is 42.0 Å². The Balaban J connectivity index is 2.04. The number of non-ortho nitro benzene ring substituents is 1. The van der Waals surface area contributed by atoms with Gasteiger partial charge in [0.2, 0.25) is 0 Å². The van der Waals surface area contributed by atoms with E-state index in [0.717, 1.165) is 11.3 Å². The second-order valence-electron chi connectivity index (χ2n) is 5.05. The van der Waals surface area contributed by atoms with E-state index in [1.807, 2.05) is 18.0 Å². The van der Waals surface area contributed by atoms with E-state index in [4.69, 9.17) is 28.6 Å². The number of hydrogen-bond acceptors (Lipinski definition) is 4. The van der Waals surface area contributed by atoms with Crippen molar-refractivity contribution in [2.45, 2.75) is 6.54 Å². The van der Waals surface area contributed by atoms with Crippen molar-refractivity contribution in [2.75, 3.05) is 19.5 Å². The number of rotatable bonds is 5. The number of methoxy groups -OCH3 is 1. The standard InChI is InChI=1S/C16H16ClN3O3S/c1-19(10-11-9-12(17)3-8-15(11)23-2)16(24)18-13-4-6-14(7-5-13)20(21)22/h3-9H,10H2,1-2H3,(H,18,24). The van der Waals surface area contributed by atoms with Crippen molar-refractivity contribution < 1.29 is 9.66 Å². The van der Waals surface area contributed by atoms with Crippen LogP contribution < -0.4 is 10.1 Å². The summed E-state index contributed by atoms with van der Waals surface area (Å²) in [7, 11) is 3.43. The molecule has 1 N–H and O–H groups in total. The van der Waals surface area contributed by atoms with Crippen molar-refractivity contribution in [3.8, 4) is 5.75 Å². The molecule has 0 spiro atoms. The number of nitrogens with one attached hydrogen (secondary N) is 1. The number of benzene rings is 2. The van der Waals surface area contributed by atoms with Crippen molar-refractivity contribution in [1.29, 1.82) is 0 Å².